The molecule has 0 aliphatic carbocycles. The van der Waals surface area contributed by atoms with Crippen molar-refractivity contribution in [3.8, 4) is 0 Å². The second-order valence-corrected chi connectivity index (χ2v) is 7.34. The summed E-state index contributed by atoms with van der Waals surface area (Å²) >= 11 is 0. The standard InChI is InChI=1S/C24H34N6O.C2H6/c1-6-7-8-9-10-11-14-17-29(5)24(31)19(2)18-22(25-4)30-20(3)27-23(28-30)21-15-12-13-16-26-21;1-2/h6-8,12-13,15-16,18,23,25,28H,1-2,9-11,14,17H2,3-5H3;1-2H3/b8-7-,22-18-;. The summed E-state index contributed by atoms with van der Waals surface area (Å²) < 4.78 is 0. The molecule has 0 saturated carbocycles. The third-order valence-electron chi connectivity index (χ3n) is 4.92. The van der Waals surface area contributed by atoms with Crippen molar-refractivity contribution in [3.63, 3.8) is 0 Å². The Morgan fingerprint density at radius 2 is 2.06 bits per heavy atom. The van der Waals surface area contributed by atoms with E-state index < -0.39 is 0 Å². The van der Waals surface area contributed by atoms with Crippen LogP contribution < -0.4 is 10.7 Å². The molecule has 0 radical (unpaired) electrons. The van der Waals surface area contributed by atoms with Crippen LogP contribution >= 0.6 is 0 Å². The van der Waals surface area contributed by atoms with E-state index in [1.54, 1.807) is 30.3 Å². The predicted molar refractivity (Wildman–Crippen MR) is 138 cm³/mol. The summed E-state index contributed by atoms with van der Waals surface area (Å²) in [6.45, 7) is 14.3. The molecule has 1 atom stereocenters. The number of pyridine rings is 1. The first kappa shape index (κ1) is 27.8. The highest BCUT2D eigenvalue weighted by Gasteiger charge is 2.26. The van der Waals surface area contributed by atoms with Crippen LogP contribution in [0.15, 0.2) is 78.2 Å². The lowest BCUT2D eigenvalue weighted by atomic mass is 10.1. The monoisotopic (exact) mass is 452 g/mol. The van der Waals surface area contributed by atoms with Gasteiger partial charge < -0.3 is 10.2 Å². The summed E-state index contributed by atoms with van der Waals surface area (Å²) in [6.07, 6.45) is 13.3. The molecule has 0 bridgehead atoms. The fourth-order valence-electron chi connectivity index (χ4n) is 3.21. The zero-order valence-electron chi connectivity index (χ0n) is 20.8. The van der Waals surface area contributed by atoms with Gasteiger partial charge in [0.1, 0.15) is 11.7 Å². The Hall–Kier alpha value is -3.19. The van der Waals surface area contributed by atoms with Gasteiger partial charge in [0.05, 0.1) is 5.69 Å². The van der Waals surface area contributed by atoms with Crippen LogP contribution in [0.3, 0.4) is 0 Å². The molecule has 1 aliphatic rings. The number of aliphatic imine (C=N–C) groups is 1. The van der Waals surface area contributed by atoms with Crippen molar-refractivity contribution in [2.45, 2.75) is 52.6 Å². The van der Waals surface area contributed by atoms with E-state index >= 15 is 0 Å². The number of amides is 1. The largest absolute Gasteiger partial charge is 0.373 e. The van der Waals surface area contributed by atoms with Crippen LogP contribution in [0.25, 0.3) is 0 Å². The third kappa shape index (κ3) is 9.06. The minimum Gasteiger partial charge on any atom is -0.373 e. The molecule has 33 heavy (non-hydrogen) atoms. The van der Waals surface area contributed by atoms with E-state index in [9.17, 15) is 4.79 Å². The van der Waals surface area contributed by atoms with Gasteiger partial charge >= 0.3 is 0 Å². The van der Waals surface area contributed by atoms with Gasteiger partial charge in [-0.3, -0.25) is 9.78 Å². The lowest BCUT2D eigenvalue weighted by Gasteiger charge is -2.24. The molecule has 7 nitrogen and oxygen atoms in total. The number of rotatable bonds is 12. The first-order chi connectivity index (χ1) is 16.0. The number of hydrogen-bond donors (Lipinski definition) is 2. The van der Waals surface area contributed by atoms with Crippen molar-refractivity contribution >= 4 is 11.7 Å². The lowest BCUT2D eigenvalue weighted by molar-refractivity contribution is -0.125. The van der Waals surface area contributed by atoms with Crippen molar-refractivity contribution < 1.29 is 4.79 Å². The molecule has 2 heterocycles. The molecule has 0 spiro atoms. The summed E-state index contributed by atoms with van der Waals surface area (Å²) in [5, 5.41) is 4.94. The quantitative estimate of drug-likeness (QED) is 0.273. The Morgan fingerprint density at radius 3 is 2.70 bits per heavy atom. The van der Waals surface area contributed by atoms with Crippen molar-refractivity contribution in [2.75, 3.05) is 20.6 Å². The fourth-order valence-corrected chi connectivity index (χ4v) is 3.21. The maximum atomic E-state index is 12.7. The predicted octanol–water partition coefficient (Wildman–Crippen LogP) is 4.72. The summed E-state index contributed by atoms with van der Waals surface area (Å²) in [5.41, 5.74) is 4.54. The highest BCUT2D eigenvalue weighted by Crippen LogP contribution is 2.21. The van der Waals surface area contributed by atoms with Crippen molar-refractivity contribution in [1.29, 1.82) is 0 Å². The first-order valence-electron chi connectivity index (χ1n) is 11.6. The molecular weight excluding hydrogens is 412 g/mol. The highest BCUT2D eigenvalue weighted by atomic mass is 16.2. The number of nitrogens with one attached hydrogen (secondary N) is 2. The summed E-state index contributed by atoms with van der Waals surface area (Å²) in [4.78, 5) is 23.4. The van der Waals surface area contributed by atoms with E-state index in [1.165, 1.54) is 0 Å². The molecule has 0 fully saturated rings. The Morgan fingerprint density at radius 1 is 1.30 bits per heavy atom. The molecule has 0 aromatic carbocycles. The minimum absolute atomic E-state index is 0.0885. The lowest BCUT2D eigenvalue weighted by Crippen LogP contribution is -2.41. The van der Waals surface area contributed by atoms with Crippen molar-refractivity contribution in [1.82, 2.24) is 25.6 Å². The number of aromatic nitrogens is 1. The van der Waals surface area contributed by atoms with Gasteiger partial charge in [-0.15, -0.1) is 0 Å². The number of hydrazine groups is 1. The van der Waals surface area contributed by atoms with E-state index in [-0.39, 0.29) is 12.1 Å². The van der Waals surface area contributed by atoms with E-state index in [0.717, 1.165) is 37.2 Å². The zero-order valence-corrected chi connectivity index (χ0v) is 20.8. The van der Waals surface area contributed by atoms with Gasteiger partial charge in [-0.25, -0.2) is 10.0 Å². The average molecular weight is 453 g/mol. The number of carbonyl (C=O) groups is 1. The molecular formula is C26H40N6O. The molecule has 2 N–H and O–H groups in total. The van der Waals surface area contributed by atoms with Crippen LogP contribution in [-0.4, -0.2) is 47.3 Å². The Kier molecular flexibility index (Phi) is 13.2. The van der Waals surface area contributed by atoms with Gasteiger partial charge in [-0.05, 0) is 44.4 Å². The van der Waals surface area contributed by atoms with Gasteiger partial charge in [-0.2, -0.15) is 5.43 Å². The van der Waals surface area contributed by atoms with Crippen LogP contribution in [0.1, 0.15) is 58.3 Å². The first-order valence-corrected chi connectivity index (χ1v) is 11.6. The van der Waals surface area contributed by atoms with E-state index in [2.05, 4.69) is 40.0 Å². The smallest absolute Gasteiger partial charge is 0.253 e. The second-order valence-electron chi connectivity index (χ2n) is 7.34. The van der Waals surface area contributed by atoms with Gasteiger partial charge in [-0.1, -0.05) is 57.7 Å². The van der Waals surface area contributed by atoms with E-state index in [1.807, 2.05) is 57.1 Å². The van der Waals surface area contributed by atoms with E-state index in [0.29, 0.717) is 17.9 Å². The molecule has 0 saturated heterocycles. The van der Waals surface area contributed by atoms with Crippen LogP contribution in [-0.2, 0) is 4.79 Å². The molecule has 2 rings (SSSR count). The Labute approximate surface area is 199 Å². The molecule has 1 aromatic heterocycles. The van der Waals surface area contributed by atoms with Gasteiger partial charge in [0.2, 0.25) is 0 Å². The summed E-state index contributed by atoms with van der Waals surface area (Å²) in [7, 11) is 3.62. The van der Waals surface area contributed by atoms with Crippen LogP contribution in [0.4, 0.5) is 0 Å². The number of nitrogens with zero attached hydrogens (tertiary/aromatic N) is 4. The topological polar surface area (TPSA) is 72.9 Å². The number of carbonyl (C=O) groups excluding carboxylic acids is 1. The number of amidine groups is 1. The average Bonchev–Trinajstić information content (AvgIpc) is 3.24. The maximum absolute atomic E-state index is 12.7. The molecule has 1 amide bonds. The fraction of sp³-hybridized carbons (Fsp3) is 0.423. The number of unbranched alkanes of at least 4 members (excludes halogenated alkanes) is 3. The molecule has 7 heteroatoms. The van der Waals surface area contributed by atoms with E-state index in [4.69, 9.17) is 0 Å². The second kappa shape index (κ2) is 15.6. The zero-order chi connectivity index (χ0) is 24.6. The molecule has 1 aromatic rings. The summed E-state index contributed by atoms with van der Waals surface area (Å²) in [5.74, 6) is 1.38. The van der Waals surface area contributed by atoms with Crippen LogP contribution in [0.5, 0.6) is 0 Å². The van der Waals surface area contributed by atoms with Crippen LogP contribution in [0.2, 0.25) is 0 Å². The number of likely N-dealkylation sites (N-methyl/N-ethyl adjacent to an activating group) is 1. The summed E-state index contributed by atoms with van der Waals surface area (Å²) in [6, 6.07) is 5.73. The molecule has 180 valence electrons. The van der Waals surface area contributed by atoms with Gasteiger partial charge in [0.15, 0.2) is 6.17 Å². The van der Waals surface area contributed by atoms with Crippen LogP contribution in [0, 0.1) is 0 Å². The number of allylic oxidation sites excluding steroid dienone is 3. The normalized spacial score (nSPS) is 15.5. The van der Waals surface area contributed by atoms with Gasteiger partial charge in [0.25, 0.3) is 5.91 Å². The van der Waals surface area contributed by atoms with Crippen molar-refractivity contribution in [3.05, 3.63) is 78.9 Å². The number of hydrogen-bond acceptors (Lipinski definition) is 6. The third-order valence-corrected chi connectivity index (χ3v) is 4.92. The van der Waals surface area contributed by atoms with Crippen molar-refractivity contribution in [2.24, 2.45) is 4.99 Å². The molecule has 1 unspecified atom stereocenters. The molecule has 1 aliphatic heterocycles. The maximum Gasteiger partial charge on any atom is 0.253 e. The Balaban J connectivity index is 0.00000265. The SMILES string of the molecule is C=C/C=C\CCCCCN(C)C(=O)C(=C)/C=C(/NC)N1NC(c2ccccn2)N=C1C.CC. The Bertz CT molecular complexity index is 844. The highest BCUT2D eigenvalue weighted by molar-refractivity contribution is 5.95. The minimum atomic E-state index is -0.272. The van der Waals surface area contributed by atoms with Gasteiger partial charge in [0, 0.05) is 32.4 Å².